The van der Waals surface area contributed by atoms with Gasteiger partial charge in [0, 0.05) is 5.56 Å². The van der Waals surface area contributed by atoms with Gasteiger partial charge >= 0.3 is 0 Å². The van der Waals surface area contributed by atoms with Crippen molar-refractivity contribution in [3.05, 3.63) is 71.0 Å². The molecule has 0 aliphatic rings. The van der Waals surface area contributed by atoms with Crippen molar-refractivity contribution in [3.8, 4) is 17.1 Å². The number of hydrogen-bond acceptors (Lipinski definition) is 5. The smallest absolute Gasteiger partial charge is 0.234 e. The molecular weight excluding hydrogens is 408 g/mol. The number of aromatic amines is 1. The van der Waals surface area contributed by atoms with Gasteiger partial charge < -0.3 is 5.32 Å². The first-order valence-electron chi connectivity index (χ1n) is 9.96. The minimum atomic E-state index is -0.124. The van der Waals surface area contributed by atoms with Crippen molar-refractivity contribution in [2.45, 2.75) is 32.9 Å². The van der Waals surface area contributed by atoms with Gasteiger partial charge in [0.2, 0.25) is 11.1 Å². The number of carbonyl (C=O) groups excluding carboxylic acids is 1. The fourth-order valence-corrected chi connectivity index (χ4v) is 3.82. The van der Waals surface area contributed by atoms with E-state index in [4.69, 9.17) is 0 Å². The van der Waals surface area contributed by atoms with Gasteiger partial charge in [-0.25, -0.2) is 9.67 Å². The molecule has 0 fully saturated rings. The van der Waals surface area contributed by atoms with Gasteiger partial charge in [0.05, 0.1) is 28.5 Å². The third kappa shape index (κ3) is 4.69. The molecule has 4 rings (SSSR count). The van der Waals surface area contributed by atoms with Crippen molar-refractivity contribution in [2.24, 2.45) is 0 Å². The van der Waals surface area contributed by atoms with E-state index < -0.39 is 0 Å². The summed E-state index contributed by atoms with van der Waals surface area (Å²) in [4.78, 5) is 17.0. The number of aryl methyl sites for hydroxylation is 3. The first kappa shape index (κ1) is 20.9. The maximum atomic E-state index is 12.6. The Bertz CT molecular complexity index is 1210. The highest BCUT2D eigenvalue weighted by Gasteiger charge is 2.16. The Labute approximate surface area is 185 Å². The Balaban J connectivity index is 1.40. The van der Waals surface area contributed by atoms with Crippen LogP contribution in [0.1, 0.15) is 22.5 Å². The van der Waals surface area contributed by atoms with Gasteiger partial charge in [0.25, 0.3) is 0 Å². The van der Waals surface area contributed by atoms with Crippen molar-refractivity contribution in [1.29, 1.82) is 0 Å². The van der Waals surface area contributed by atoms with Crippen LogP contribution in [0.2, 0.25) is 0 Å². The van der Waals surface area contributed by atoms with Crippen molar-refractivity contribution in [3.63, 3.8) is 0 Å². The maximum Gasteiger partial charge on any atom is 0.234 e. The van der Waals surface area contributed by atoms with Gasteiger partial charge in [-0.15, -0.1) is 5.10 Å². The summed E-state index contributed by atoms with van der Waals surface area (Å²) in [5, 5.41) is 15.3. The summed E-state index contributed by atoms with van der Waals surface area (Å²) in [6, 6.07) is 16.2. The Hall–Kier alpha value is -3.39. The van der Waals surface area contributed by atoms with E-state index in [-0.39, 0.29) is 11.7 Å². The summed E-state index contributed by atoms with van der Waals surface area (Å²) in [5.41, 5.74) is 6.70. The molecule has 0 atom stereocenters. The van der Waals surface area contributed by atoms with E-state index in [9.17, 15) is 4.79 Å². The molecule has 2 N–H and O–H groups in total. The minimum absolute atomic E-state index is 0.124. The zero-order valence-electron chi connectivity index (χ0n) is 17.9. The molecule has 0 bridgehead atoms. The average molecular weight is 433 g/mol. The van der Waals surface area contributed by atoms with Gasteiger partial charge in [-0.3, -0.25) is 9.89 Å². The fraction of sp³-hybridized carbons (Fsp3) is 0.217. The van der Waals surface area contributed by atoms with Crippen molar-refractivity contribution in [1.82, 2.24) is 25.0 Å². The molecule has 0 aliphatic carbocycles. The van der Waals surface area contributed by atoms with Crippen LogP contribution in [-0.4, -0.2) is 36.6 Å². The number of nitrogens with zero attached hydrogens (tertiary/aromatic N) is 4. The molecular formula is C23H24N6OS. The van der Waals surface area contributed by atoms with Gasteiger partial charge in [0.15, 0.2) is 5.82 Å². The number of nitrogens with one attached hydrogen (secondary N) is 2. The Morgan fingerprint density at radius 1 is 1.00 bits per heavy atom. The highest BCUT2D eigenvalue weighted by Crippen LogP contribution is 2.24. The lowest BCUT2D eigenvalue weighted by molar-refractivity contribution is -0.113. The van der Waals surface area contributed by atoms with E-state index in [2.05, 4.69) is 25.6 Å². The molecule has 0 saturated carbocycles. The molecule has 2 heterocycles. The van der Waals surface area contributed by atoms with Crippen molar-refractivity contribution < 1.29 is 4.79 Å². The Morgan fingerprint density at radius 2 is 1.65 bits per heavy atom. The topological polar surface area (TPSA) is 88.5 Å². The number of thioether (sulfide) groups is 1. The summed E-state index contributed by atoms with van der Waals surface area (Å²) >= 11 is 1.29. The van der Waals surface area contributed by atoms with Gasteiger partial charge in [-0.1, -0.05) is 59.3 Å². The first-order valence-corrected chi connectivity index (χ1v) is 10.9. The number of hydrogen-bond donors (Lipinski definition) is 2. The van der Waals surface area contributed by atoms with Crippen LogP contribution in [0.25, 0.3) is 17.1 Å². The zero-order chi connectivity index (χ0) is 22.0. The molecule has 2 aromatic carbocycles. The number of rotatable bonds is 6. The minimum Gasteiger partial charge on any atom is -0.322 e. The van der Waals surface area contributed by atoms with E-state index >= 15 is 0 Å². The molecule has 4 aromatic rings. The quantitative estimate of drug-likeness (QED) is 0.434. The van der Waals surface area contributed by atoms with Gasteiger partial charge in [-0.05, 0) is 39.8 Å². The predicted molar refractivity (Wildman–Crippen MR) is 124 cm³/mol. The number of anilines is 1. The monoisotopic (exact) mass is 432 g/mol. The van der Waals surface area contributed by atoms with Gasteiger partial charge in [-0.2, -0.15) is 5.10 Å². The molecule has 7 nitrogen and oxygen atoms in total. The molecule has 31 heavy (non-hydrogen) atoms. The number of aromatic nitrogens is 5. The van der Waals surface area contributed by atoms with Gasteiger partial charge in [0.1, 0.15) is 0 Å². The van der Waals surface area contributed by atoms with Crippen LogP contribution < -0.4 is 5.32 Å². The fourth-order valence-electron chi connectivity index (χ4n) is 3.22. The summed E-state index contributed by atoms with van der Waals surface area (Å²) in [7, 11) is 0. The Kier molecular flexibility index (Phi) is 5.90. The third-order valence-corrected chi connectivity index (χ3v) is 5.80. The molecule has 0 aliphatic heterocycles. The summed E-state index contributed by atoms with van der Waals surface area (Å²) in [6.07, 6.45) is 0. The largest absolute Gasteiger partial charge is 0.322 e. The summed E-state index contributed by atoms with van der Waals surface area (Å²) in [5.74, 6) is 0.773. The van der Waals surface area contributed by atoms with Crippen LogP contribution >= 0.6 is 11.8 Å². The SMILES string of the molecule is Cc1ccc(-c2nc(SCC(=O)Nc3c(C)nn(-c4ccc(C)cc4)c3C)n[nH]2)cc1. The van der Waals surface area contributed by atoms with E-state index in [0.29, 0.717) is 11.0 Å². The van der Waals surface area contributed by atoms with Crippen molar-refractivity contribution >= 4 is 23.4 Å². The molecule has 0 radical (unpaired) electrons. The van der Waals surface area contributed by atoms with Crippen LogP contribution in [0.15, 0.2) is 53.7 Å². The van der Waals surface area contributed by atoms with Crippen LogP contribution in [0, 0.1) is 27.7 Å². The maximum absolute atomic E-state index is 12.6. The van der Waals surface area contributed by atoms with E-state index in [1.165, 1.54) is 22.9 Å². The summed E-state index contributed by atoms with van der Waals surface area (Å²) in [6.45, 7) is 7.93. The molecule has 8 heteroatoms. The summed E-state index contributed by atoms with van der Waals surface area (Å²) < 4.78 is 1.85. The van der Waals surface area contributed by atoms with E-state index in [1.807, 2.05) is 80.9 Å². The zero-order valence-corrected chi connectivity index (χ0v) is 18.7. The molecule has 0 saturated heterocycles. The lowest BCUT2D eigenvalue weighted by Crippen LogP contribution is -2.15. The number of carbonyl (C=O) groups is 1. The van der Waals surface area contributed by atoms with Crippen LogP contribution in [0.4, 0.5) is 5.69 Å². The third-order valence-electron chi connectivity index (χ3n) is 4.96. The second-order valence-electron chi connectivity index (χ2n) is 7.46. The second kappa shape index (κ2) is 8.77. The van der Waals surface area contributed by atoms with Crippen LogP contribution in [0.5, 0.6) is 0 Å². The highest BCUT2D eigenvalue weighted by atomic mass is 32.2. The van der Waals surface area contributed by atoms with Crippen molar-refractivity contribution in [2.75, 3.05) is 11.1 Å². The molecule has 0 unspecified atom stereocenters. The number of amides is 1. The van der Waals surface area contributed by atoms with Crippen LogP contribution in [0.3, 0.4) is 0 Å². The number of H-pyrrole nitrogens is 1. The molecule has 1 amide bonds. The molecule has 2 aromatic heterocycles. The standard InChI is InChI=1S/C23H24N6OS/c1-14-5-9-18(10-6-14)22-25-23(27-26-22)31-13-20(30)24-21-16(3)28-29(17(21)4)19-11-7-15(2)8-12-19/h5-12H,13H2,1-4H3,(H,24,30)(H,25,26,27). The second-order valence-corrected chi connectivity index (χ2v) is 8.41. The molecule has 158 valence electrons. The Morgan fingerprint density at radius 3 is 2.32 bits per heavy atom. The van der Waals surface area contributed by atoms with E-state index in [1.54, 1.807) is 0 Å². The average Bonchev–Trinajstić information content (AvgIpc) is 3.34. The predicted octanol–water partition coefficient (Wildman–Crippen LogP) is 4.62. The highest BCUT2D eigenvalue weighted by molar-refractivity contribution is 7.99. The normalized spacial score (nSPS) is 11.0. The van der Waals surface area contributed by atoms with Crippen LogP contribution in [-0.2, 0) is 4.79 Å². The lowest BCUT2D eigenvalue weighted by atomic mass is 10.1. The molecule has 0 spiro atoms. The number of benzene rings is 2. The first-order chi connectivity index (χ1) is 14.9. The van der Waals surface area contributed by atoms with E-state index in [0.717, 1.165) is 28.3 Å². The lowest BCUT2D eigenvalue weighted by Gasteiger charge is -2.07.